The number of fused-ring (bicyclic) bond motifs is 1. The van der Waals surface area contributed by atoms with Gasteiger partial charge in [0.1, 0.15) is 6.54 Å². The highest BCUT2D eigenvalue weighted by Gasteiger charge is 2.35. The fraction of sp³-hybridized carbons (Fsp3) is 0.371. The van der Waals surface area contributed by atoms with E-state index < -0.39 is 0 Å². The molecule has 1 aromatic heterocycles. The van der Waals surface area contributed by atoms with Crippen LogP contribution in [0.1, 0.15) is 59.7 Å². The zero-order chi connectivity index (χ0) is 29.5. The maximum atomic E-state index is 14.0. The van der Waals surface area contributed by atoms with E-state index in [1.807, 2.05) is 65.7 Å². The first-order valence-electron chi connectivity index (χ1n) is 14.9. The number of hydrogen-bond acceptors (Lipinski definition) is 4. The predicted octanol–water partition coefficient (Wildman–Crippen LogP) is 6.40. The lowest BCUT2D eigenvalue weighted by Gasteiger charge is -2.28. The number of para-hydroxylation sites is 1. The van der Waals surface area contributed by atoms with Crippen LogP contribution in [-0.2, 0) is 24.2 Å². The predicted molar refractivity (Wildman–Crippen MR) is 166 cm³/mol. The van der Waals surface area contributed by atoms with Crippen molar-refractivity contribution in [2.45, 2.75) is 58.0 Å². The summed E-state index contributed by atoms with van der Waals surface area (Å²) in [6, 6.07) is 21.9. The summed E-state index contributed by atoms with van der Waals surface area (Å²) in [7, 11) is 3.22. The van der Waals surface area contributed by atoms with Crippen molar-refractivity contribution in [3.63, 3.8) is 0 Å². The molecule has 220 valence electrons. The summed E-state index contributed by atoms with van der Waals surface area (Å²) >= 11 is 0. The van der Waals surface area contributed by atoms with Crippen molar-refractivity contribution in [3.05, 3.63) is 95.2 Å². The van der Waals surface area contributed by atoms with E-state index in [1.54, 1.807) is 19.1 Å². The van der Waals surface area contributed by atoms with Crippen molar-refractivity contribution in [2.75, 3.05) is 27.3 Å². The van der Waals surface area contributed by atoms with Crippen LogP contribution in [0.5, 0.6) is 11.5 Å². The summed E-state index contributed by atoms with van der Waals surface area (Å²) in [5.41, 5.74) is 5.05. The number of aryl methyl sites for hydroxylation is 1. The van der Waals surface area contributed by atoms with Crippen LogP contribution in [0.15, 0.2) is 72.9 Å². The Kier molecular flexibility index (Phi) is 9.47. The first-order valence-corrected chi connectivity index (χ1v) is 14.9. The standard InChI is InChI=1S/C35H41N3O4/c1-4-5-8-25-11-14-27(15-12-25)35(40)38(29-16-17-29)24-34(39)37(23-26-13-18-32(41-2)33(21-26)42-3)20-19-28-22-36-31-10-7-6-9-30(28)31/h6-7,9-15,18,21-22,29,36H,4-5,8,16-17,19-20,23-24H2,1-3H3. The van der Waals surface area contributed by atoms with Crippen LogP contribution in [-0.4, -0.2) is 59.9 Å². The maximum absolute atomic E-state index is 14.0. The maximum Gasteiger partial charge on any atom is 0.254 e. The second-order valence-electron chi connectivity index (χ2n) is 11.1. The first-order chi connectivity index (χ1) is 20.5. The summed E-state index contributed by atoms with van der Waals surface area (Å²) < 4.78 is 10.9. The molecule has 1 saturated carbocycles. The van der Waals surface area contributed by atoms with Crippen molar-refractivity contribution < 1.29 is 19.1 Å². The van der Waals surface area contributed by atoms with E-state index >= 15 is 0 Å². The van der Waals surface area contributed by atoms with Crippen molar-refractivity contribution in [2.24, 2.45) is 0 Å². The van der Waals surface area contributed by atoms with Gasteiger partial charge >= 0.3 is 0 Å². The van der Waals surface area contributed by atoms with Crippen molar-refractivity contribution in [1.82, 2.24) is 14.8 Å². The number of aromatic amines is 1. The van der Waals surface area contributed by atoms with Gasteiger partial charge in [0, 0.05) is 41.8 Å². The number of nitrogens with one attached hydrogen (secondary N) is 1. The average molecular weight is 568 g/mol. The topological polar surface area (TPSA) is 74.9 Å². The number of methoxy groups -OCH3 is 2. The number of rotatable bonds is 14. The second-order valence-corrected chi connectivity index (χ2v) is 11.1. The quantitative estimate of drug-likeness (QED) is 0.191. The number of benzene rings is 3. The minimum Gasteiger partial charge on any atom is -0.493 e. The lowest BCUT2D eigenvalue weighted by molar-refractivity contribution is -0.132. The fourth-order valence-corrected chi connectivity index (χ4v) is 5.44. The molecule has 0 saturated heterocycles. The van der Waals surface area contributed by atoms with Gasteiger partial charge < -0.3 is 24.3 Å². The van der Waals surface area contributed by atoms with Gasteiger partial charge in [-0.15, -0.1) is 0 Å². The summed E-state index contributed by atoms with van der Waals surface area (Å²) in [6.45, 7) is 3.16. The third-order valence-corrected chi connectivity index (χ3v) is 8.07. The molecular weight excluding hydrogens is 526 g/mol. The van der Waals surface area contributed by atoms with Crippen LogP contribution >= 0.6 is 0 Å². The van der Waals surface area contributed by atoms with Crippen LogP contribution < -0.4 is 9.47 Å². The van der Waals surface area contributed by atoms with Gasteiger partial charge in [0.05, 0.1) is 14.2 Å². The fourth-order valence-electron chi connectivity index (χ4n) is 5.44. The van der Waals surface area contributed by atoms with E-state index in [-0.39, 0.29) is 24.4 Å². The van der Waals surface area contributed by atoms with Gasteiger partial charge in [-0.3, -0.25) is 9.59 Å². The molecule has 4 aromatic rings. The molecule has 0 atom stereocenters. The number of carbonyl (C=O) groups excluding carboxylic acids is 2. The zero-order valence-corrected chi connectivity index (χ0v) is 24.9. The molecular formula is C35H41N3O4. The van der Waals surface area contributed by atoms with Gasteiger partial charge in [0.25, 0.3) is 5.91 Å². The molecule has 1 aliphatic carbocycles. The van der Waals surface area contributed by atoms with Gasteiger partial charge in [-0.2, -0.15) is 0 Å². The lowest BCUT2D eigenvalue weighted by Crippen LogP contribution is -2.44. The third kappa shape index (κ3) is 6.96. The average Bonchev–Trinajstić information content (AvgIpc) is 3.79. The van der Waals surface area contributed by atoms with Crippen molar-refractivity contribution in [3.8, 4) is 11.5 Å². The van der Waals surface area contributed by atoms with Crippen LogP contribution in [0.4, 0.5) is 0 Å². The van der Waals surface area contributed by atoms with Crippen LogP contribution in [0.3, 0.4) is 0 Å². The summed E-state index contributed by atoms with van der Waals surface area (Å²) in [4.78, 5) is 34.6. The van der Waals surface area contributed by atoms with Crippen molar-refractivity contribution >= 4 is 22.7 Å². The molecule has 0 radical (unpaired) electrons. The summed E-state index contributed by atoms with van der Waals surface area (Å²) in [6.07, 6.45) is 7.85. The number of H-pyrrole nitrogens is 1. The lowest BCUT2D eigenvalue weighted by atomic mass is 10.1. The van der Waals surface area contributed by atoms with Gasteiger partial charge in [0.15, 0.2) is 11.5 Å². The SMILES string of the molecule is CCCCc1ccc(C(=O)N(CC(=O)N(CCc2c[nH]c3ccccc23)Cc2ccc(OC)c(OC)c2)C2CC2)cc1. The highest BCUT2D eigenvalue weighted by Crippen LogP contribution is 2.30. The molecule has 1 aliphatic rings. The largest absolute Gasteiger partial charge is 0.493 e. The molecule has 0 spiro atoms. The van der Waals surface area contributed by atoms with Gasteiger partial charge in [0.2, 0.25) is 5.91 Å². The molecule has 0 bridgehead atoms. The number of unbranched alkanes of at least 4 members (excludes halogenated alkanes) is 1. The number of aromatic nitrogens is 1. The minimum atomic E-state index is -0.0735. The van der Waals surface area contributed by atoms with E-state index in [1.165, 1.54) is 5.56 Å². The number of nitrogens with zero attached hydrogens (tertiary/aromatic N) is 2. The van der Waals surface area contributed by atoms with E-state index in [9.17, 15) is 9.59 Å². The molecule has 5 rings (SSSR count). The number of hydrogen-bond donors (Lipinski definition) is 1. The molecule has 42 heavy (non-hydrogen) atoms. The second kappa shape index (κ2) is 13.6. The third-order valence-electron chi connectivity index (χ3n) is 8.07. The smallest absolute Gasteiger partial charge is 0.254 e. The number of carbonyl (C=O) groups is 2. The monoisotopic (exact) mass is 567 g/mol. The molecule has 7 nitrogen and oxygen atoms in total. The van der Waals surface area contributed by atoms with Gasteiger partial charge in [-0.05, 0) is 79.1 Å². The van der Waals surface area contributed by atoms with Crippen molar-refractivity contribution in [1.29, 1.82) is 0 Å². The van der Waals surface area contributed by atoms with Gasteiger partial charge in [-0.25, -0.2) is 0 Å². The summed E-state index contributed by atoms with van der Waals surface area (Å²) in [5.74, 6) is 1.13. The zero-order valence-electron chi connectivity index (χ0n) is 24.9. The van der Waals surface area contributed by atoms with Crippen LogP contribution in [0.2, 0.25) is 0 Å². The molecule has 0 unspecified atom stereocenters. The highest BCUT2D eigenvalue weighted by molar-refractivity contribution is 5.97. The molecule has 0 aliphatic heterocycles. The Morgan fingerprint density at radius 3 is 2.36 bits per heavy atom. The summed E-state index contributed by atoms with van der Waals surface area (Å²) in [5, 5.41) is 1.16. The van der Waals surface area contributed by atoms with E-state index in [4.69, 9.17) is 9.47 Å². The van der Waals surface area contributed by atoms with Crippen LogP contribution in [0, 0.1) is 0 Å². The molecule has 1 fully saturated rings. The normalized spacial score (nSPS) is 12.7. The first kappa shape index (κ1) is 29.2. The van der Waals surface area contributed by atoms with Crippen LogP contribution in [0.25, 0.3) is 10.9 Å². The minimum absolute atomic E-state index is 0.0578. The highest BCUT2D eigenvalue weighted by atomic mass is 16.5. The Labute approximate surface area is 248 Å². The van der Waals surface area contributed by atoms with E-state index in [0.717, 1.165) is 54.1 Å². The molecule has 1 heterocycles. The molecule has 3 aromatic carbocycles. The van der Waals surface area contributed by atoms with E-state index in [2.05, 4.69) is 24.0 Å². The molecule has 1 N–H and O–H groups in total. The Balaban J connectivity index is 1.35. The van der Waals surface area contributed by atoms with E-state index in [0.29, 0.717) is 36.6 Å². The molecule has 2 amide bonds. The number of ether oxygens (including phenoxy) is 2. The Morgan fingerprint density at radius 1 is 0.905 bits per heavy atom. The number of amides is 2. The molecule has 7 heteroatoms. The Bertz CT molecular complexity index is 1510. The Hall–Kier alpha value is -4.26. The van der Waals surface area contributed by atoms with Gasteiger partial charge in [-0.1, -0.05) is 49.7 Å². The Morgan fingerprint density at radius 2 is 1.64 bits per heavy atom.